The molecule has 104 valence electrons. The summed E-state index contributed by atoms with van der Waals surface area (Å²) in [5.74, 6) is 0. The molecule has 0 heterocycles. The molecule has 0 N–H and O–H groups in total. The van der Waals surface area contributed by atoms with Crippen molar-refractivity contribution in [3.05, 3.63) is 11.8 Å². The molecular formula is C15H32ClN. The van der Waals surface area contributed by atoms with Crippen molar-refractivity contribution in [2.45, 2.75) is 72.6 Å². The van der Waals surface area contributed by atoms with Crippen LogP contribution in [0, 0.1) is 0 Å². The van der Waals surface area contributed by atoms with Crippen molar-refractivity contribution in [2.24, 2.45) is 0 Å². The molecule has 0 saturated carbocycles. The van der Waals surface area contributed by atoms with Crippen molar-refractivity contribution in [3.63, 3.8) is 0 Å². The second kappa shape index (κ2) is 13.9. The highest BCUT2D eigenvalue weighted by Crippen LogP contribution is 2.10. The van der Waals surface area contributed by atoms with E-state index in [2.05, 4.69) is 38.7 Å². The third-order valence-electron chi connectivity index (χ3n) is 3.06. The fourth-order valence-corrected chi connectivity index (χ4v) is 1.99. The van der Waals surface area contributed by atoms with Gasteiger partial charge in [0.1, 0.15) is 0 Å². The second-order valence-electron chi connectivity index (χ2n) is 4.66. The zero-order chi connectivity index (χ0) is 12.2. The van der Waals surface area contributed by atoms with E-state index >= 15 is 0 Å². The lowest BCUT2D eigenvalue weighted by Gasteiger charge is -2.25. The molecule has 0 fully saturated rings. The number of nitrogens with zero attached hydrogens (tertiary/aromatic N) is 1. The number of hydrogen-bond acceptors (Lipinski definition) is 1. The van der Waals surface area contributed by atoms with Gasteiger partial charge in [0.15, 0.2) is 0 Å². The Morgan fingerprint density at radius 3 is 1.71 bits per heavy atom. The van der Waals surface area contributed by atoms with E-state index in [1.165, 1.54) is 57.3 Å². The predicted molar refractivity (Wildman–Crippen MR) is 81.9 cm³/mol. The van der Waals surface area contributed by atoms with Crippen LogP contribution in [0.15, 0.2) is 11.8 Å². The summed E-state index contributed by atoms with van der Waals surface area (Å²) in [6.07, 6.45) is 11.6. The molecule has 17 heavy (non-hydrogen) atoms. The van der Waals surface area contributed by atoms with E-state index in [0.717, 1.165) is 6.42 Å². The molecule has 1 nitrogen and oxygen atoms in total. The molecule has 0 aromatic heterocycles. The molecular weight excluding hydrogens is 230 g/mol. The van der Waals surface area contributed by atoms with Gasteiger partial charge in [-0.3, -0.25) is 0 Å². The monoisotopic (exact) mass is 261 g/mol. The third-order valence-corrected chi connectivity index (χ3v) is 3.06. The first-order chi connectivity index (χ1) is 7.76. The Morgan fingerprint density at radius 2 is 1.35 bits per heavy atom. The van der Waals surface area contributed by atoms with Crippen LogP contribution in [0.2, 0.25) is 0 Å². The minimum atomic E-state index is 0. The van der Waals surface area contributed by atoms with Crippen molar-refractivity contribution in [3.8, 4) is 0 Å². The summed E-state index contributed by atoms with van der Waals surface area (Å²) >= 11 is 0. The van der Waals surface area contributed by atoms with Gasteiger partial charge in [-0.1, -0.05) is 52.5 Å². The summed E-state index contributed by atoms with van der Waals surface area (Å²) in [7, 11) is 0. The van der Waals surface area contributed by atoms with Crippen LogP contribution in [0.5, 0.6) is 0 Å². The van der Waals surface area contributed by atoms with E-state index in [1.54, 1.807) is 0 Å². The van der Waals surface area contributed by atoms with Gasteiger partial charge in [0.2, 0.25) is 0 Å². The Morgan fingerprint density at radius 1 is 0.882 bits per heavy atom. The molecule has 0 saturated heterocycles. The van der Waals surface area contributed by atoms with E-state index in [1.807, 2.05) is 0 Å². The molecule has 0 aromatic rings. The largest absolute Gasteiger partial charge is 0.375 e. The molecule has 0 spiro atoms. The minimum Gasteiger partial charge on any atom is -0.375 e. The smallest absolute Gasteiger partial charge is 0.0174 e. The molecule has 0 aromatic carbocycles. The average Bonchev–Trinajstić information content (AvgIpc) is 2.28. The van der Waals surface area contributed by atoms with Crippen LogP contribution in [0.25, 0.3) is 0 Å². The Hall–Kier alpha value is -0.170. The first-order valence-corrected chi connectivity index (χ1v) is 7.17. The van der Waals surface area contributed by atoms with Crippen LogP contribution < -0.4 is 0 Å². The summed E-state index contributed by atoms with van der Waals surface area (Å²) in [4.78, 5) is 2.58. The molecule has 0 bridgehead atoms. The summed E-state index contributed by atoms with van der Waals surface area (Å²) < 4.78 is 0. The van der Waals surface area contributed by atoms with Crippen LogP contribution in [0.3, 0.4) is 0 Å². The fraction of sp³-hybridized carbons (Fsp3) is 0.867. The second-order valence-corrected chi connectivity index (χ2v) is 4.66. The number of rotatable bonds is 10. The lowest BCUT2D eigenvalue weighted by molar-refractivity contribution is 0.325. The van der Waals surface area contributed by atoms with Gasteiger partial charge in [-0.15, -0.1) is 12.4 Å². The van der Waals surface area contributed by atoms with Gasteiger partial charge < -0.3 is 4.90 Å². The highest BCUT2D eigenvalue weighted by molar-refractivity contribution is 5.85. The maximum Gasteiger partial charge on any atom is 0.0174 e. The number of hydrogen-bond donors (Lipinski definition) is 0. The lowest BCUT2D eigenvalue weighted by Crippen LogP contribution is -2.24. The molecule has 0 aliphatic carbocycles. The third kappa shape index (κ3) is 10.7. The topological polar surface area (TPSA) is 3.24 Å². The van der Waals surface area contributed by atoms with Crippen molar-refractivity contribution in [2.75, 3.05) is 13.1 Å². The van der Waals surface area contributed by atoms with Crippen LogP contribution in [0.4, 0.5) is 0 Å². The van der Waals surface area contributed by atoms with Gasteiger partial charge in [-0.25, -0.2) is 0 Å². The SMILES string of the molecule is CCC=C(C)N(CCCCC)CCCCC.Cl. The van der Waals surface area contributed by atoms with Crippen LogP contribution >= 0.6 is 12.4 Å². The summed E-state index contributed by atoms with van der Waals surface area (Å²) in [5, 5.41) is 0. The first kappa shape index (κ1) is 19.2. The van der Waals surface area contributed by atoms with E-state index in [9.17, 15) is 0 Å². The number of unbranched alkanes of at least 4 members (excludes halogenated alkanes) is 4. The van der Waals surface area contributed by atoms with Gasteiger partial charge in [0.25, 0.3) is 0 Å². The van der Waals surface area contributed by atoms with Crippen LogP contribution in [0.1, 0.15) is 72.6 Å². The molecule has 0 rings (SSSR count). The minimum absolute atomic E-state index is 0. The van der Waals surface area contributed by atoms with E-state index in [-0.39, 0.29) is 12.4 Å². The first-order valence-electron chi connectivity index (χ1n) is 7.17. The van der Waals surface area contributed by atoms with Crippen molar-refractivity contribution in [1.82, 2.24) is 4.90 Å². The quantitative estimate of drug-likeness (QED) is 0.476. The Bertz CT molecular complexity index is 168. The standard InChI is InChI=1S/C15H31N.ClH/c1-5-8-10-13-16(14-11-9-6-2)15(4)12-7-3;/h12H,5-11,13-14H2,1-4H3;1H. The summed E-state index contributed by atoms with van der Waals surface area (Å²) in [6, 6.07) is 0. The summed E-state index contributed by atoms with van der Waals surface area (Å²) in [6.45, 7) is 11.5. The van der Waals surface area contributed by atoms with Crippen LogP contribution in [-0.2, 0) is 0 Å². The van der Waals surface area contributed by atoms with E-state index in [0.29, 0.717) is 0 Å². The molecule has 2 heteroatoms. The molecule has 0 unspecified atom stereocenters. The number of halogens is 1. The van der Waals surface area contributed by atoms with Gasteiger partial charge in [-0.2, -0.15) is 0 Å². The fourth-order valence-electron chi connectivity index (χ4n) is 1.99. The maximum absolute atomic E-state index is 2.58. The van der Waals surface area contributed by atoms with Gasteiger partial charge in [-0.05, 0) is 26.2 Å². The molecule has 0 atom stereocenters. The van der Waals surface area contributed by atoms with E-state index in [4.69, 9.17) is 0 Å². The van der Waals surface area contributed by atoms with Gasteiger partial charge >= 0.3 is 0 Å². The highest BCUT2D eigenvalue weighted by atomic mass is 35.5. The van der Waals surface area contributed by atoms with Crippen molar-refractivity contribution >= 4 is 12.4 Å². The Labute approximate surface area is 115 Å². The normalized spacial score (nSPS) is 11.2. The summed E-state index contributed by atoms with van der Waals surface area (Å²) in [5.41, 5.74) is 1.48. The highest BCUT2D eigenvalue weighted by Gasteiger charge is 2.03. The lowest BCUT2D eigenvalue weighted by atomic mass is 10.2. The Balaban J connectivity index is 0. The zero-order valence-electron chi connectivity index (χ0n) is 12.3. The van der Waals surface area contributed by atoms with Crippen molar-refractivity contribution in [1.29, 1.82) is 0 Å². The van der Waals surface area contributed by atoms with Gasteiger partial charge in [0.05, 0.1) is 0 Å². The average molecular weight is 262 g/mol. The number of allylic oxidation sites excluding steroid dienone is 2. The molecule has 0 aliphatic heterocycles. The maximum atomic E-state index is 2.58. The van der Waals surface area contributed by atoms with E-state index < -0.39 is 0 Å². The molecule has 0 aliphatic rings. The Kier molecular flexibility index (Phi) is 15.7. The molecule has 0 radical (unpaired) electrons. The van der Waals surface area contributed by atoms with Crippen LogP contribution in [-0.4, -0.2) is 18.0 Å². The van der Waals surface area contributed by atoms with Crippen molar-refractivity contribution < 1.29 is 0 Å². The zero-order valence-corrected chi connectivity index (χ0v) is 13.1. The van der Waals surface area contributed by atoms with Gasteiger partial charge in [0, 0.05) is 18.8 Å². The predicted octanol–water partition coefficient (Wildman–Crippen LogP) is 5.40. The molecule has 0 amide bonds.